The molecule has 0 aliphatic rings. The van der Waals surface area contributed by atoms with Gasteiger partial charge in [-0.2, -0.15) is 0 Å². The molecule has 0 fully saturated rings. The smallest absolute Gasteiger partial charge is 0.294 e. The van der Waals surface area contributed by atoms with Crippen LogP contribution in [0.25, 0.3) is 11.3 Å². The Morgan fingerprint density at radius 2 is 1.81 bits per heavy atom. The Hall–Kier alpha value is -3.48. The summed E-state index contributed by atoms with van der Waals surface area (Å²) in [6.07, 6.45) is 1.52. The number of halogens is 1. The molecule has 0 atom stereocenters. The third-order valence-corrected chi connectivity index (χ3v) is 3.81. The van der Waals surface area contributed by atoms with E-state index in [1.165, 1.54) is 22.9 Å². The summed E-state index contributed by atoms with van der Waals surface area (Å²) in [4.78, 5) is 28.3. The molecule has 0 spiro atoms. The van der Waals surface area contributed by atoms with E-state index in [0.717, 1.165) is 11.1 Å². The van der Waals surface area contributed by atoms with Gasteiger partial charge < -0.3 is 11.1 Å². The lowest BCUT2D eigenvalue weighted by atomic mass is 10.1. The molecular weight excluding hydrogens is 335 g/mol. The summed E-state index contributed by atoms with van der Waals surface area (Å²) in [5.41, 5.74) is 6.89. The summed E-state index contributed by atoms with van der Waals surface area (Å²) in [6, 6.07) is 15.1. The highest BCUT2D eigenvalue weighted by Gasteiger charge is 2.13. The highest BCUT2D eigenvalue weighted by Crippen LogP contribution is 2.17. The van der Waals surface area contributed by atoms with Crippen LogP contribution in [-0.2, 0) is 17.9 Å². The fourth-order valence-corrected chi connectivity index (χ4v) is 2.55. The molecule has 26 heavy (non-hydrogen) atoms. The van der Waals surface area contributed by atoms with Gasteiger partial charge in [0.2, 0.25) is 5.91 Å². The summed E-state index contributed by atoms with van der Waals surface area (Å²) < 4.78 is 14.3. The molecule has 1 heterocycles. The second-order valence-corrected chi connectivity index (χ2v) is 5.70. The van der Waals surface area contributed by atoms with E-state index >= 15 is 0 Å². The van der Waals surface area contributed by atoms with Gasteiger partial charge in [0.15, 0.2) is 5.82 Å². The molecule has 132 valence electrons. The first-order chi connectivity index (χ1) is 12.5. The van der Waals surface area contributed by atoms with Crippen molar-refractivity contribution < 1.29 is 9.18 Å². The highest BCUT2D eigenvalue weighted by atomic mass is 19.1. The second-order valence-electron chi connectivity index (χ2n) is 5.70. The van der Waals surface area contributed by atoms with Crippen LogP contribution in [0.15, 0.2) is 65.6 Å². The fraction of sp³-hybridized carbons (Fsp3) is 0.105. The minimum absolute atomic E-state index is 0.0928. The van der Waals surface area contributed by atoms with Gasteiger partial charge in [-0.15, -0.1) is 0 Å². The van der Waals surface area contributed by atoms with Crippen molar-refractivity contribution >= 4 is 11.7 Å². The molecule has 0 unspecified atom stereocenters. The molecule has 0 saturated carbocycles. The first kappa shape index (κ1) is 17.3. The van der Waals surface area contributed by atoms with Gasteiger partial charge in [-0.3, -0.25) is 14.2 Å². The second kappa shape index (κ2) is 7.60. The molecule has 0 aliphatic carbocycles. The fourth-order valence-electron chi connectivity index (χ4n) is 2.55. The van der Waals surface area contributed by atoms with Gasteiger partial charge in [-0.1, -0.05) is 42.5 Å². The molecule has 3 aromatic rings. The Labute approximate surface area is 149 Å². The van der Waals surface area contributed by atoms with Crippen molar-refractivity contribution in [1.29, 1.82) is 0 Å². The van der Waals surface area contributed by atoms with Gasteiger partial charge in [-0.05, 0) is 23.3 Å². The SMILES string of the molecule is NC(=O)Cn1c(-c2ccccc2)cnc(NCc2ccc(F)cc2)c1=O. The van der Waals surface area contributed by atoms with E-state index in [-0.39, 0.29) is 18.2 Å². The number of nitrogens with zero attached hydrogens (tertiary/aromatic N) is 2. The van der Waals surface area contributed by atoms with Gasteiger partial charge in [0, 0.05) is 6.54 Å². The lowest BCUT2D eigenvalue weighted by molar-refractivity contribution is -0.118. The van der Waals surface area contributed by atoms with Gasteiger partial charge in [0.1, 0.15) is 12.4 Å². The number of primary amides is 1. The van der Waals surface area contributed by atoms with Crippen LogP contribution in [0.4, 0.5) is 10.2 Å². The normalized spacial score (nSPS) is 10.5. The number of aromatic nitrogens is 2. The largest absolute Gasteiger partial charge is 0.368 e. The summed E-state index contributed by atoms with van der Waals surface area (Å²) in [5, 5.41) is 2.92. The molecule has 0 bridgehead atoms. The highest BCUT2D eigenvalue weighted by molar-refractivity contribution is 5.75. The number of hydrogen-bond acceptors (Lipinski definition) is 4. The first-order valence-electron chi connectivity index (χ1n) is 7.96. The molecular formula is C19H17FN4O2. The van der Waals surface area contributed by atoms with Gasteiger partial charge in [0.05, 0.1) is 11.9 Å². The minimum atomic E-state index is -0.625. The maximum absolute atomic E-state index is 13.0. The number of nitrogens with one attached hydrogen (secondary N) is 1. The van der Waals surface area contributed by atoms with E-state index in [1.807, 2.05) is 30.3 Å². The lowest BCUT2D eigenvalue weighted by Crippen LogP contribution is -2.31. The molecule has 0 radical (unpaired) electrons. The number of amides is 1. The van der Waals surface area contributed by atoms with Crippen molar-refractivity contribution in [2.45, 2.75) is 13.1 Å². The maximum Gasteiger partial charge on any atom is 0.294 e. The van der Waals surface area contributed by atoms with Crippen molar-refractivity contribution in [3.8, 4) is 11.3 Å². The topological polar surface area (TPSA) is 90.0 Å². The number of rotatable bonds is 6. The number of benzene rings is 2. The number of nitrogens with two attached hydrogens (primary N) is 1. The third-order valence-electron chi connectivity index (χ3n) is 3.81. The minimum Gasteiger partial charge on any atom is -0.368 e. The van der Waals surface area contributed by atoms with Crippen LogP contribution in [0.2, 0.25) is 0 Å². The Kier molecular flexibility index (Phi) is 5.07. The van der Waals surface area contributed by atoms with Crippen LogP contribution in [0.1, 0.15) is 5.56 Å². The number of carbonyl (C=O) groups excluding carboxylic acids is 1. The van der Waals surface area contributed by atoms with Gasteiger partial charge >= 0.3 is 0 Å². The van der Waals surface area contributed by atoms with Crippen LogP contribution in [0, 0.1) is 5.82 Å². The molecule has 3 N–H and O–H groups in total. The Balaban J connectivity index is 1.93. The maximum atomic E-state index is 13.0. The average Bonchev–Trinajstić information content (AvgIpc) is 2.64. The van der Waals surface area contributed by atoms with Crippen molar-refractivity contribution in [2.75, 3.05) is 5.32 Å². The monoisotopic (exact) mass is 352 g/mol. The molecule has 2 aromatic carbocycles. The van der Waals surface area contributed by atoms with E-state index in [1.54, 1.807) is 12.1 Å². The Bertz CT molecular complexity index is 969. The molecule has 7 heteroatoms. The van der Waals surface area contributed by atoms with Crippen molar-refractivity contribution in [1.82, 2.24) is 9.55 Å². The summed E-state index contributed by atoms with van der Waals surface area (Å²) in [7, 11) is 0. The van der Waals surface area contributed by atoms with Crippen LogP contribution in [0.5, 0.6) is 0 Å². The van der Waals surface area contributed by atoms with E-state index < -0.39 is 11.5 Å². The molecule has 0 saturated heterocycles. The predicted octanol–water partition coefficient (Wildman–Crippen LogP) is 2.15. The number of anilines is 1. The first-order valence-corrected chi connectivity index (χ1v) is 7.96. The Morgan fingerprint density at radius 1 is 1.12 bits per heavy atom. The van der Waals surface area contributed by atoms with Gasteiger partial charge in [-0.25, -0.2) is 9.37 Å². The lowest BCUT2D eigenvalue weighted by Gasteiger charge is -2.13. The quantitative estimate of drug-likeness (QED) is 0.711. The third kappa shape index (κ3) is 3.94. The number of hydrogen-bond donors (Lipinski definition) is 2. The van der Waals surface area contributed by atoms with Crippen LogP contribution >= 0.6 is 0 Å². The molecule has 3 rings (SSSR count). The summed E-state index contributed by atoms with van der Waals surface area (Å²) in [5.74, 6) is -0.863. The van der Waals surface area contributed by atoms with Crippen molar-refractivity contribution in [2.24, 2.45) is 5.73 Å². The van der Waals surface area contributed by atoms with Gasteiger partial charge in [0.25, 0.3) is 5.56 Å². The number of carbonyl (C=O) groups is 1. The van der Waals surface area contributed by atoms with Crippen LogP contribution < -0.4 is 16.6 Å². The summed E-state index contributed by atoms with van der Waals surface area (Å²) in [6.45, 7) is 0.0422. The van der Waals surface area contributed by atoms with E-state index in [0.29, 0.717) is 12.2 Å². The van der Waals surface area contributed by atoms with Crippen LogP contribution in [0.3, 0.4) is 0 Å². The van der Waals surface area contributed by atoms with E-state index in [9.17, 15) is 14.0 Å². The molecule has 1 amide bonds. The zero-order valence-corrected chi connectivity index (χ0v) is 13.9. The zero-order valence-electron chi connectivity index (χ0n) is 13.9. The standard InChI is InChI=1S/C19H17FN4O2/c20-15-8-6-13(7-9-15)10-22-18-19(26)24(12-17(21)25)16(11-23-18)14-4-2-1-3-5-14/h1-9,11H,10,12H2,(H2,21,25)(H,22,23). The Morgan fingerprint density at radius 3 is 2.46 bits per heavy atom. The average molecular weight is 352 g/mol. The van der Waals surface area contributed by atoms with Crippen molar-refractivity contribution in [3.05, 3.63) is 82.5 Å². The van der Waals surface area contributed by atoms with Crippen molar-refractivity contribution in [3.63, 3.8) is 0 Å². The zero-order chi connectivity index (χ0) is 18.5. The molecule has 0 aliphatic heterocycles. The van der Waals surface area contributed by atoms with E-state index in [2.05, 4.69) is 10.3 Å². The van der Waals surface area contributed by atoms with Crippen LogP contribution in [-0.4, -0.2) is 15.5 Å². The summed E-state index contributed by atoms with van der Waals surface area (Å²) >= 11 is 0. The van der Waals surface area contributed by atoms with E-state index in [4.69, 9.17) is 5.73 Å². The molecule has 6 nitrogen and oxygen atoms in total. The predicted molar refractivity (Wildman–Crippen MR) is 96.9 cm³/mol. The molecule has 1 aromatic heterocycles.